The molecule has 0 aromatic heterocycles. The summed E-state index contributed by atoms with van der Waals surface area (Å²) in [5.41, 5.74) is 4.30. The summed E-state index contributed by atoms with van der Waals surface area (Å²) in [6.45, 7) is 2.17. The molecule has 3 aromatic rings. The van der Waals surface area contributed by atoms with Gasteiger partial charge in [0, 0.05) is 44.4 Å². The number of piperidine rings is 1. The van der Waals surface area contributed by atoms with E-state index >= 15 is 0 Å². The second kappa shape index (κ2) is 13.6. The van der Waals surface area contributed by atoms with Crippen LogP contribution in [0.1, 0.15) is 24.8 Å². The van der Waals surface area contributed by atoms with Crippen LogP contribution in [-0.2, 0) is 25.5 Å². The highest BCUT2D eigenvalue weighted by Gasteiger charge is 2.23. The molecule has 0 spiro atoms. The lowest BCUT2D eigenvalue weighted by molar-refractivity contribution is -0.139. The zero-order valence-electron chi connectivity index (χ0n) is 22.5. The summed E-state index contributed by atoms with van der Waals surface area (Å²) < 4.78 is 10.4. The van der Waals surface area contributed by atoms with Gasteiger partial charge in [0.1, 0.15) is 6.10 Å². The molecule has 0 atom stereocenters. The van der Waals surface area contributed by atoms with Crippen molar-refractivity contribution < 1.29 is 23.9 Å². The molecule has 8 nitrogen and oxygen atoms in total. The zero-order valence-corrected chi connectivity index (χ0v) is 22.5. The Morgan fingerprint density at radius 2 is 1.59 bits per heavy atom. The smallest absolute Gasteiger partial charge is 0.411 e. The van der Waals surface area contributed by atoms with Gasteiger partial charge in [-0.3, -0.25) is 14.9 Å². The lowest BCUT2D eigenvalue weighted by Crippen LogP contribution is -2.40. The quantitative estimate of drug-likeness (QED) is 0.387. The number of hydrogen-bond acceptors (Lipinski definition) is 6. The lowest BCUT2D eigenvalue weighted by Gasteiger charge is -2.31. The Labute approximate surface area is 229 Å². The van der Waals surface area contributed by atoms with Crippen LogP contribution in [-0.4, -0.2) is 62.8 Å². The van der Waals surface area contributed by atoms with Gasteiger partial charge >= 0.3 is 12.1 Å². The van der Waals surface area contributed by atoms with E-state index in [4.69, 9.17) is 9.47 Å². The minimum absolute atomic E-state index is 0.0190. The number of amides is 2. The highest BCUT2D eigenvalue weighted by molar-refractivity contribution is 5.93. The summed E-state index contributed by atoms with van der Waals surface area (Å²) in [5.74, 6) is -0.277. The van der Waals surface area contributed by atoms with Crippen molar-refractivity contribution in [2.45, 2.75) is 31.8 Å². The van der Waals surface area contributed by atoms with Gasteiger partial charge in [-0.2, -0.15) is 0 Å². The molecule has 0 aliphatic carbocycles. The number of benzene rings is 3. The fraction of sp³-hybridized carbons (Fsp3) is 0.323. The van der Waals surface area contributed by atoms with Crippen LogP contribution in [0.15, 0.2) is 78.9 Å². The number of carbonyl (C=O) groups is 3. The Bertz CT molecular complexity index is 1250. The molecule has 1 fully saturated rings. The number of anilines is 2. The van der Waals surface area contributed by atoms with Gasteiger partial charge in [0.15, 0.2) is 0 Å². The van der Waals surface area contributed by atoms with Crippen LogP contribution in [0.3, 0.4) is 0 Å². The van der Waals surface area contributed by atoms with Gasteiger partial charge in [-0.05, 0) is 42.2 Å². The van der Waals surface area contributed by atoms with Crippen molar-refractivity contribution >= 4 is 29.3 Å². The molecule has 1 heterocycles. The predicted octanol–water partition coefficient (Wildman–Crippen LogP) is 5.14. The van der Waals surface area contributed by atoms with Crippen LogP contribution >= 0.6 is 0 Å². The summed E-state index contributed by atoms with van der Waals surface area (Å²) in [7, 11) is 3.12. The van der Waals surface area contributed by atoms with E-state index in [9.17, 15) is 14.4 Å². The van der Waals surface area contributed by atoms with E-state index in [2.05, 4.69) is 10.2 Å². The average Bonchev–Trinajstić information content (AvgIpc) is 2.97. The number of esters is 1. The first-order valence-corrected chi connectivity index (χ1v) is 13.2. The van der Waals surface area contributed by atoms with Gasteiger partial charge in [-0.15, -0.1) is 0 Å². The summed E-state index contributed by atoms with van der Waals surface area (Å²) in [5, 5.41) is 2.90. The molecule has 0 radical (unpaired) electrons. The highest BCUT2D eigenvalue weighted by atomic mass is 16.6. The molecule has 8 heteroatoms. The Hall–Kier alpha value is -4.17. The first-order chi connectivity index (χ1) is 18.9. The van der Waals surface area contributed by atoms with Crippen molar-refractivity contribution in [3.63, 3.8) is 0 Å². The monoisotopic (exact) mass is 529 g/mol. The van der Waals surface area contributed by atoms with E-state index in [0.29, 0.717) is 18.7 Å². The number of likely N-dealkylation sites (tertiary alicyclic amines) is 1. The van der Waals surface area contributed by atoms with Crippen LogP contribution in [0.25, 0.3) is 11.1 Å². The Balaban J connectivity index is 1.19. The zero-order chi connectivity index (χ0) is 27.6. The number of hydrogen-bond donors (Lipinski definition) is 1. The van der Waals surface area contributed by atoms with E-state index in [-0.39, 0.29) is 24.4 Å². The number of ether oxygens (including phenoxy) is 2. The summed E-state index contributed by atoms with van der Waals surface area (Å²) >= 11 is 0. The molecule has 39 heavy (non-hydrogen) atoms. The number of nitrogens with one attached hydrogen (secondary N) is 1. The molecule has 3 aromatic carbocycles. The van der Waals surface area contributed by atoms with Gasteiger partial charge in [-0.25, -0.2) is 4.79 Å². The molecule has 204 valence electrons. The van der Waals surface area contributed by atoms with Gasteiger partial charge in [-0.1, -0.05) is 60.7 Å². The van der Waals surface area contributed by atoms with Crippen LogP contribution in [0, 0.1) is 0 Å². The first kappa shape index (κ1) is 27.9. The minimum Gasteiger partial charge on any atom is -0.469 e. The molecule has 1 aliphatic rings. The van der Waals surface area contributed by atoms with Crippen molar-refractivity contribution in [3.8, 4) is 11.1 Å². The Morgan fingerprint density at radius 1 is 0.923 bits per heavy atom. The lowest BCUT2D eigenvalue weighted by atomic mass is 10.0. The third-order valence-corrected chi connectivity index (χ3v) is 6.97. The molecule has 0 unspecified atom stereocenters. The number of carbonyl (C=O) groups excluding carboxylic acids is 3. The minimum atomic E-state index is -0.453. The third kappa shape index (κ3) is 7.91. The van der Waals surface area contributed by atoms with Crippen molar-refractivity contribution in [2.75, 3.05) is 44.0 Å². The van der Waals surface area contributed by atoms with Crippen molar-refractivity contribution in [2.24, 2.45) is 0 Å². The normalized spacial score (nSPS) is 13.9. The summed E-state index contributed by atoms with van der Waals surface area (Å²) in [6.07, 6.45) is 1.43. The third-order valence-electron chi connectivity index (χ3n) is 6.97. The number of rotatable bonds is 9. The molecule has 0 bridgehead atoms. The maximum atomic E-state index is 12.8. The molecule has 0 saturated carbocycles. The molecule has 4 rings (SSSR count). The standard InChI is InChI=1S/C31H35N3O5/c1-33(25-14-12-23(13-15-25)22-30(36)38-2)29(35)18-21-34-19-16-26(17-20-34)39-31(37)32-28-11-7-6-10-27(28)24-8-4-3-5-9-24/h3-15,26H,16-22H2,1-2H3,(H,32,37). The number of nitrogens with zero attached hydrogens (tertiary/aromatic N) is 2. The Morgan fingerprint density at radius 3 is 2.28 bits per heavy atom. The van der Waals surface area contributed by atoms with Gasteiger partial charge in [0.05, 0.1) is 19.2 Å². The second-order valence-electron chi connectivity index (χ2n) is 9.61. The van der Waals surface area contributed by atoms with Gasteiger partial charge in [0.25, 0.3) is 0 Å². The Kier molecular flexibility index (Phi) is 9.69. The molecule has 1 N–H and O–H groups in total. The first-order valence-electron chi connectivity index (χ1n) is 13.2. The fourth-order valence-electron chi connectivity index (χ4n) is 4.64. The molecule has 2 amide bonds. The van der Waals surface area contributed by atoms with E-state index in [1.165, 1.54) is 7.11 Å². The van der Waals surface area contributed by atoms with Crippen molar-refractivity contribution in [3.05, 3.63) is 84.4 Å². The molecule has 1 saturated heterocycles. The average molecular weight is 530 g/mol. The van der Waals surface area contributed by atoms with Crippen LogP contribution < -0.4 is 10.2 Å². The molecular weight excluding hydrogens is 494 g/mol. The number of methoxy groups -OCH3 is 1. The molecule has 1 aliphatic heterocycles. The largest absolute Gasteiger partial charge is 0.469 e. The van der Waals surface area contributed by atoms with E-state index < -0.39 is 6.09 Å². The fourth-order valence-corrected chi connectivity index (χ4v) is 4.64. The van der Waals surface area contributed by atoms with Gasteiger partial charge in [0.2, 0.25) is 5.91 Å². The maximum Gasteiger partial charge on any atom is 0.411 e. The van der Waals surface area contributed by atoms with Crippen molar-refractivity contribution in [1.29, 1.82) is 0 Å². The van der Waals surface area contributed by atoms with Gasteiger partial charge < -0.3 is 19.3 Å². The van der Waals surface area contributed by atoms with E-state index in [0.717, 1.165) is 48.3 Å². The predicted molar refractivity (Wildman–Crippen MR) is 152 cm³/mol. The van der Waals surface area contributed by atoms with E-state index in [1.54, 1.807) is 11.9 Å². The SMILES string of the molecule is COC(=O)Cc1ccc(N(C)C(=O)CCN2CCC(OC(=O)Nc3ccccc3-c3ccccc3)CC2)cc1. The molecular formula is C31H35N3O5. The summed E-state index contributed by atoms with van der Waals surface area (Å²) in [4.78, 5) is 40.7. The van der Waals surface area contributed by atoms with Crippen molar-refractivity contribution in [1.82, 2.24) is 4.90 Å². The van der Waals surface area contributed by atoms with Crippen LogP contribution in [0.5, 0.6) is 0 Å². The van der Waals surface area contributed by atoms with Crippen LogP contribution in [0.2, 0.25) is 0 Å². The highest BCUT2D eigenvalue weighted by Crippen LogP contribution is 2.28. The van der Waals surface area contributed by atoms with E-state index in [1.807, 2.05) is 78.9 Å². The second-order valence-corrected chi connectivity index (χ2v) is 9.61. The topological polar surface area (TPSA) is 88.2 Å². The summed E-state index contributed by atoms with van der Waals surface area (Å²) in [6, 6.07) is 24.9. The number of para-hydroxylation sites is 1. The maximum absolute atomic E-state index is 12.8. The van der Waals surface area contributed by atoms with Crippen LogP contribution in [0.4, 0.5) is 16.2 Å².